The van der Waals surface area contributed by atoms with Gasteiger partial charge in [-0.15, -0.1) is 0 Å². The van der Waals surface area contributed by atoms with Gasteiger partial charge in [-0.2, -0.15) is 0 Å². The first-order valence-electron chi connectivity index (χ1n) is 12.9. The van der Waals surface area contributed by atoms with Crippen LogP contribution in [0.4, 0.5) is 16.2 Å². The molecule has 0 N–H and O–H groups in total. The molecular weight excluding hydrogens is 516 g/mol. The minimum atomic E-state index is -0.606. The quantitative estimate of drug-likeness (QED) is 0.325. The van der Waals surface area contributed by atoms with Gasteiger partial charge in [0.1, 0.15) is 5.60 Å². The summed E-state index contributed by atoms with van der Waals surface area (Å²) in [5.74, 6) is 1.15. The number of anilines is 2. The van der Waals surface area contributed by atoms with Gasteiger partial charge >= 0.3 is 6.09 Å². The van der Waals surface area contributed by atoms with Gasteiger partial charge in [0, 0.05) is 23.4 Å². The van der Waals surface area contributed by atoms with Crippen molar-refractivity contribution in [1.82, 2.24) is 0 Å². The Morgan fingerprint density at radius 2 is 1.67 bits per heavy atom. The highest BCUT2D eigenvalue weighted by Gasteiger charge is 2.36. The van der Waals surface area contributed by atoms with Crippen LogP contribution < -0.4 is 19.3 Å². The van der Waals surface area contributed by atoms with E-state index in [0.717, 1.165) is 16.7 Å². The smallest absolute Gasteiger partial charge is 0.414 e. The zero-order valence-corrected chi connectivity index (χ0v) is 24.2. The van der Waals surface area contributed by atoms with Crippen molar-refractivity contribution in [1.29, 1.82) is 0 Å². The molecule has 3 aromatic rings. The van der Waals surface area contributed by atoms with Crippen molar-refractivity contribution >= 4 is 35.0 Å². The van der Waals surface area contributed by atoms with Crippen molar-refractivity contribution in [3.63, 3.8) is 0 Å². The van der Waals surface area contributed by atoms with Gasteiger partial charge in [-0.25, -0.2) is 4.79 Å². The largest absolute Gasteiger partial charge is 0.493 e. The molecule has 4 rings (SSSR count). The molecule has 1 aliphatic heterocycles. The molecule has 7 nitrogen and oxygen atoms in total. The van der Waals surface area contributed by atoms with Crippen LogP contribution in [0.5, 0.6) is 11.5 Å². The van der Waals surface area contributed by atoms with E-state index in [1.807, 2.05) is 95.3 Å². The summed E-state index contributed by atoms with van der Waals surface area (Å²) in [6.07, 6.45) is -0.303. The Morgan fingerprint density at radius 1 is 1.03 bits per heavy atom. The van der Waals surface area contributed by atoms with Crippen LogP contribution in [0.15, 0.2) is 60.7 Å². The van der Waals surface area contributed by atoms with E-state index in [-0.39, 0.29) is 18.4 Å². The van der Waals surface area contributed by atoms with Gasteiger partial charge < -0.3 is 19.1 Å². The molecule has 2 amide bonds. The van der Waals surface area contributed by atoms with E-state index in [1.165, 1.54) is 4.90 Å². The van der Waals surface area contributed by atoms with Crippen LogP contribution in [0.25, 0.3) is 0 Å². The van der Waals surface area contributed by atoms with Gasteiger partial charge in [-0.3, -0.25) is 9.69 Å². The second-order valence-corrected chi connectivity index (χ2v) is 11.3. The van der Waals surface area contributed by atoms with E-state index >= 15 is 0 Å². The van der Waals surface area contributed by atoms with Crippen molar-refractivity contribution in [2.24, 2.45) is 0 Å². The Hall–Kier alpha value is -3.71. The Morgan fingerprint density at radius 3 is 2.23 bits per heavy atom. The average Bonchev–Trinajstić information content (AvgIpc) is 2.87. The van der Waals surface area contributed by atoms with Gasteiger partial charge in [-0.05, 0) is 99.8 Å². The van der Waals surface area contributed by atoms with E-state index in [1.54, 1.807) is 19.1 Å². The van der Waals surface area contributed by atoms with Crippen LogP contribution in [-0.4, -0.2) is 37.9 Å². The number of benzene rings is 3. The zero-order valence-electron chi connectivity index (χ0n) is 23.4. The number of nitrogens with zero attached hydrogens (tertiary/aromatic N) is 2. The molecule has 1 heterocycles. The van der Waals surface area contributed by atoms with E-state index in [4.69, 9.17) is 25.8 Å². The molecule has 0 saturated carbocycles. The highest BCUT2D eigenvalue weighted by molar-refractivity contribution is 6.30. The third-order valence-electron chi connectivity index (χ3n) is 6.32. The minimum absolute atomic E-state index is 0.0539. The molecule has 0 bridgehead atoms. The minimum Gasteiger partial charge on any atom is -0.493 e. The van der Waals surface area contributed by atoms with E-state index in [0.29, 0.717) is 27.9 Å². The van der Waals surface area contributed by atoms with Gasteiger partial charge in [0.05, 0.1) is 25.7 Å². The number of halogens is 1. The first kappa shape index (κ1) is 28.3. The summed E-state index contributed by atoms with van der Waals surface area (Å²) in [5, 5.41) is 0.612. The molecule has 39 heavy (non-hydrogen) atoms. The maximum absolute atomic E-state index is 13.7. The van der Waals surface area contributed by atoms with Gasteiger partial charge in [0.15, 0.2) is 11.5 Å². The first-order chi connectivity index (χ1) is 18.4. The maximum Gasteiger partial charge on any atom is 0.414 e. The molecule has 8 heteroatoms. The van der Waals surface area contributed by atoms with Gasteiger partial charge in [0.25, 0.3) is 0 Å². The van der Waals surface area contributed by atoms with E-state index in [9.17, 15) is 9.59 Å². The fourth-order valence-corrected chi connectivity index (χ4v) is 4.73. The SMILES string of the molecule is COc1cc2c(cc1OC(C)C)C(c1ccc(Cl)cc1)N(c1ccc(N(C)C(=O)OC(C)(C)C)cc1)C(=O)C2. The van der Waals surface area contributed by atoms with Crippen LogP contribution in [-0.2, 0) is 16.0 Å². The second kappa shape index (κ2) is 11.2. The monoisotopic (exact) mass is 550 g/mol. The van der Waals surface area contributed by atoms with E-state index in [2.05, 4.69) is 0 Å². The van der Waals surface area contributed by atoms with Crippen molar-refractivity contribution in [3.8, 4) is 11.5 Å². The molecule has 1 atom stereocenters. The highest BCUT2D eigenvalue weighted by Crippen LogP contribution is 2.44. The van der Waals surface area contributed by atoms with Crippen LogP contribution in [0.1, 0.15) is 57.4 Å². The molecule has 0 saturated heterocycles. The van der Waals surface area contributed by atoms with Gasteiger partial charge in [0.2, 0.25) is 5.91 Å². The number of carbonyl (C=O) groups excluding carboxylic acids is 2. The number of amides is 2. The molecule has 0 aliphatic carbocycles. The second-order valence-electron chi connectivity index (χ2n) is 10.8. The van der Waals surface area contributed by atoms with Crippen molar-refractivity contribution in [2.75, 3.05) is 24.0 Å². The number of methoxy groups -OCH3 is 1. The number of hydrogen-bond donors (Lipinski definition) is 0. The molecule has 1 unspecified atom stereocenters. The van der Waals surface area contributed by atoms with Crippen molar-refractivity contribution in [2.45, 2.75) is 58.8 Å². The predicted molar refractivity (Wildman–Crippen MR) is 154 cm³/mol. The van der Waals surface area contributed by atoms with Crippen molar-refractivity contribution in [3.05, 3.63) is 82.4 Å². The van der Waals surface area contributed by atoms with Crippen molar-refractivity contribution < 1.29 is 23.8 Å². The fraction of sp³-hybridized carbons (Fsp3) is 0.355. The summed E-state index contributed by atoms with van der Waals surface area (Å²) in [5.41, 5.74) is 3.48. The lowest BCUT2D eigenvalue weighted by atomic mass is 9.86. The first-order valence-corrected chi connectivity index (χ1v) is 13.3. The molecule has 0 spiro atoms. The Balaban J connectivity index is 1.78. The maximum atomic E-state index is 13.7. The Bertz CT molecular complexity index is 1350. The summed E-state index contributed by atoms with van der Waals surface area (Å²) >= 11 is 6.21. The lowest BCUT2D eigenvalue weighted by Crippen LogP contribution is -2.41. The Labute approximate surface area is 235 Å². The van der Waals surface area contributed by atoms with Crippen LogP contribution >= 0.6 is 11.6 Å². The Kier molecular flexibility index (Phi) is 8.12. The predicted octanol–water partition coefficient (Wildman–Crippen LogP) is 7.19. The highest BCUT2D eigenvalue weighted by atomic mass is 35.5. The summed E-state index contributed by atoms with van der Waals surface area (Å²) in [6.45, 7) is 9.39. The molecule has 3 aromatic carbocycles. The molecule has 0 aromatic heterocycles. The standard InChI is InChI=1S/C31H35ClN2O5/c1-19(2)38-27-18-25-21(16-26(27)37-7)17-28(35)34(29(25)20-8-10-22(32)11-9-20)24-14-12-23(13-15-24)33(6)30(36)39-31(3,4)5/h8-16,18-19,29H,17H2,1-7H3. The lowest BCUT2D eigenvalue weighted by Gasteiger charge is -2.38. The van der Waals surface area contributed by atoms with Gasteiger partial charge in [-0.1, -0.05) is 23.7 Å². The van der Waals surface area contributed by atoms with Crippen LogP contribution in [0.2, 0.25) is 5.02 Å². The van der Waals surface area contributed by atoms with Crippen LogP contribution in [0.3, 0.4) is 0 Å². The molecule has 0 fully saturated rings. The summed E-state index contributed by atoms with van der Waals surface area (Å²) in [7, 11) is 3.25. The number of ether oxygens (including phenoxy) is 3. The zero-order chi connectivity index (χ0) is 28.5. The summed E-state index contributed by atoms with van der Waals surface area (Å²) in [4.78, 5) is 29.5. The topological polar surface area (TPSA) is 68.3 Å². The third-order valence-corrected chi connectivity index (χ3v) is 6.57. The molecule has 0 radical (unpaired) electrons. The molecule has 206 valence electrons. The number of hydrogen-bond acceptors (Lipinski definition) is 5. The third kappa shape index (κ3) is 6.31. The lowest BCUT2D eigenvalue weighted by molar-refractivity contribution is -0.118. The number of rotatable bonds is 6. The van der Waals surface area contributed by atoms with E-state index < -0.39 is 17.7 Å². The normalized spacial score (nSPS) is 15.2. The van der Waals surface area contributed by atoms with Crippen LogP contribution in [0, 0.1) is 0 Å². The number of carbonyl (C=O) groups is 2. The fourth-order valence-electron chi connectivity index (χ4n) is 4.60. The molecule has 1 aliphatic rings. The summed E-state index contributed by atoms with van der Waals surface area (Å²) in [6, 6.07) is 18.2. The number of fused-ring (bicyclic) bond motifs is 1. The molecular formula is C31H35ClN2O5. The average molecular weight is 551 g/mol. The summed E-state index contributed by atoms with van der Waals surface area (Å²) < 4.78 is 17.2.